The monoisotopic (exact) mass is 292 g/mol. The van der Waals surface area contributed by atoms with Crippen molar-refractivity contribution in [2.24, 2.45) is 0 Å². The van der Waals surface area contributed by atoms with E-state index in [4.69, 9.17) is 5.11 Å². The van der Waals surface area contributed by atoms with E-state index in [-0.39, 0.29) is 23.3 Å². The Morgan fingerprint density at radius 2 is 2.19 bits per heavy atom. The van der Waals surface area contributed by atoms with Crippen molar-refractivity contribution >= 4 is 23.6 Å². The molecule has 0 aromatic carbocycles. The van der Waals surface area contributed by atoms with Crippen LogP contribution in [0.5, 0.6) is 0 Å². The lowest BCUT2D eigenvalue weighted by molar-refractivity contribution is -0.119. The van der Waals surface area contributed by atoms with E-state index in [1.54, 1.807) is 6.07 Å². The highest BCUT2D eigenvalue weighted by molar-refractivity contribution is 5.98. The first-order valence-electron chi connectivity index (χ1n) is 6.48. The number of aromatic nitrogens is 1. The van der Waals surface area contributed by atoms with Crippen LogP contribution in [0.15, 0.2) is 18.3 Å². The highest BCUT2D eigenvalue weighted by Gasteiger charge is 2.27. The minimum atomic E-state index is -1.21. The summed E-state index contributed by atoms with van der Waals surface area (Å²) in [5.41, 5.74) is -0.0542. The number of nitrogens with zero attached hydrogens (tertiary/aromatic N) is 2. The first-order chi connectivity index (χ1) is 9.97. The molecule has 8 heteroatoms. The fraction of sp³-hybridized carbons (Fsp3) is 0.385. The van der Waals surface area contributed by atoms with Gasteiger partial charge in [0.2, 0.25) is 5.91 Å². The molecular formula is C13H16N4O4. The van der Waals surface area contributed by atoms with Crippen LogP contribution in [0.3, 0.4) is 0 Å². The van der Waals surface area contributed by atoms with Crippen LogP contribution in [0, 0.1) is 0 Å². The standard InChI is InChI=1S/C13H16N4O4/c1-8(18)15-9-4-6-17(7-9)13(21)16-10-3-2-5-14-11(10)12(19)20/h2-3,5,9H,4,6-7H2,1H3,(H,15,18)(H,16,21)(H,19,20). The number of nitrogens with one attached hydrogen (secondary N) is 2. The van der Waals surface area contributed by atoms with E-state index >= 15 is 0 Å². The average molecular weight is 292 g/mol. The van der Waals surface area contributed by atoms with E-state index in [1.165, 1.54) is 24.1 Å². The van der Waals surface area contributed by atoms with Gasteiger partial charge in [-0.25, -0.2) is 14.6 Å². The molecule has 0 aliphatic carbocycles. The van der Waals surface area contributed by atoms with Gasteiger partial charge in [0.25, 0.3) is 0 Å². The molecule has 0 saturated carbocycles. The zero-order valence-corrected chi connectivity index (χ0v) is 11.5. The summed E-state index contributed by atoms with van der Waals surface area (Å²) in [7, 11) is 0. The molecule has 8 nitrogen and oxygen atoms in total. The van der Waals surface area contributed by atoms with Crippen LogP contribution in [-0.4, -0.2) is 52.0 Å². The van der Waals surface area contributed by atoms with E-state index in [0.29, 0.717) is 19.5 Å². The summed E-state index contributed by atoms with van der Waals surface area (Å²) in [4.78, 5) is 39.4. The number of amides is 3. The first-order valence-corrected chi connectivity index (χ1v) is 6.48. The van der Waals surface area contributed by atoms with Crippen LogP contribution < -0.4 is 10.6 Å². The zero-order chi connectivity index (χ0) is 15.4. The SMILES string of the molecule is CC(=O)NC1CCN(C(=O)Nc2cccnc2C(=O)O)C1. The molecule has 1 saturated heterocycles. The Balaban J connectivity index is 2.00. The fourth-order valence-corrected chi connectivity index (χ4v) is 2.22. The lowest BCUT2D eigenvalue weighted by Gasteiger charge is -2.18. The van der Waals surface area contributed by atoms with Crippen molar-refractivity contribution in [3.8, 4) is 0 Å². The lowest BCUT2D eigenvalue weighted by Crippen LogP contribution is -2.39. The van der Waals surface area contributed by atoms with Gasteiger partial charge >= 0.3 is 12.0 Å². The van der Waals surface area contributed by atoms with Gasteiger partial charge < -0.3 is 20.6 Å². The minimum Gasteiger partial charge on any atom is -0.476 e. The fourth-order valence-electron chi connectivity index (χ4n) is 2.22. The van der Waals surface area contributed by atoms with E-state index in [9.17, 15) is 14.4 Å². The molecular weight excluding hydrogens is 276 g/mol. The summed E-state index contributed by atoms with van der Waals surface area (Å²) in [5, 5.41) is 14.3. The maximum absolute atomic E-state index is 12.1. The Hall–Kier alpha value is -2.64. The lowest BCUT2D eigenvalue weighted by atomic mass is 10.3. The van der Waals surface area contributed by atoms with Gasteiger partial charge in [0.05, 0.1) is 5.69 Å². The average Bonchev–Trinajstić information content (AvgIpc) is 2.86. The van der Waals surface area contributed by atoms with Gasteiger partial charge in [-0.05, 0) is 18.6 Å². The molecule has 1 aliphatic heterocycles. The van der Waals surface area contributed by atoms with Crippen molar-refractivity contribution in [3.05, 3.63) is 24.0 Å². The maximum Gasteiger partial charge on any atom is 0.356 e. The number of likely N-dealkylation sites (tertiary alicyclic amines) is 1. The van der Waals surface area contributed by atoms with Crippen LogP contribution in [0.2, 0.25) is 0 Å². The third kappa shape index (κ3) is 3.68. The molecule has 2 rings (SSSR count). The van der Waals surface area contributed by atoms with E-state index in [0.717, 1.165) is 0 Å². The number of carboxylic acid groups (broad SMARTS) is 1. The smallest absolute Gasteiger partial charge is 0.356 e. The third-order valence-electron chi connectivity index (χ3n) is 3.13. The summed E-state index contributed by atoms with van der Waals surface area (Å²) < 4.78 is 0. The zero-order valence-electron chi connectivity index (χ0n) is 11.5. The van der Waals surface area contributed by atoms with E-state index in [1.807, 2.05) is 0 Å². The number of carbonyl (C=O) groups is 3. The molecule has 1 aromatic heterocycles. The van der Waals surface area contributed by atoms with Gasteiger partial charge in [-0.1, -0.05) is 0 Å². The Labute approximate surface area is 121 Å². The van der Waals surface area contributed by atoms with Crippen molar-refractivity contribution in [2.75, 3.05) is 18.4 Å². The van der Waals surface area contributed by atoms with Crippen LogP contribution in [0.1, 0.15) is 23.8 Å². The minimum absolute atomic E-state index is 0.0684. The normalized spacial score (nSPS) is 17.4. The molecule has 21 heavy (non-hydrogen) atoms. The van der Waals surface area contributed by atoms with Crippen molar-refractivity contribution < 1.29 is 19.5 Å². The Morgan fingerprint density at radius 3 is 2.86 bits per heavy atom. The predicted octanol–water partition coefficient (Wildman–Crippen LogP) is 0.522. The highest BCUT2D eigenvalue weighted by atomic mass is 16.4. The molecule has 112 valence electrons. The molecule has 2 heterocycles. The molecule has 1 fully saturated rings. The number of aromatic carboxylic acids is 1. The Bertz CT molecular complexity index is 575. The van der Waals surface area contributed by atoms with Gasteiger partial charge in [0.15, 0.2) is 5.69 Å². The van der Waals surface area contributed by atoms with Crippen molar-refractivity contribution in [2.45, 2.75) is 19.4 Å². The van der Waals surface area contributed by atoms with Gasteiger partial charge in [0.1, 0.15) is 0 Å². The van der Waals surface area contributed by atoms with Crippen LogP contribution >= 0.6 is 0 Å². The number of carboxylic acids is 1. The van der Waals surface area contributed by atoms with Gasteiger partial charge in [0, 0.05) is 32.3 Å². The van der Waals surface area contributed by atoms with Crippen LogP contribution in [-0.2, 0) is 4.79 Å². The molecule has 0 spiro atoms. The summed E-state index contributed by atoms with van der Waals surface area (Å²) in [6, 6.07) is 2.56. The molecule has 1 unspecified atom stereocenters. The highest BCUT2D eigenvalue weighted by Crippen LogP contribution is 2.15. The number of carbonyl (C=O) groups excluding carboxylic acids is 2. The first kappa shape index (κ1) is 14.8. The summed E-state index contributed by atoms with van der Waals surface area (Å²) in [6.45, 7) is 2.32. The number of anilines is 1. The second-order valence-corrected chi connectivity index (χ2v) is 4.77. The molecule has 0 bridgehead atoms. The van der Waals surface area contributed by atoms with Gasteiger partial charge in [-0.3, -0.25) is 4.79 Å². The molecule has 3 amide bonds. The van der Waals surface area contributed by atoms with E-state index < -0.39 is 12.0 Å². The second kappa shape index (κ2) is 6.21. The van der Waals surface area contributed by atoms with Crippen molar-refractivity contribution in [1.82, 2.24) is 15.2 Å². The molecule has 1 aliphatic rings. The molecule has 1 atom stereocenters. The molecule has 0 radical (unpaired) electrons. The second-order valence-electron chi connectivity index (χ2n) is 4.77. The summed E-state index contributed by atoms with van der Waals surface area (Å²) in [6.07, 6.45) is 2.02. The quantitative estimate of drug-likeness (QED) is 0.752. The number of hydrogen-bond donors (Lipinski definition) is 3. The van der Waals surface area contributed by atoms with Crippen molar-refractivity contribution in [3.63, 3.8) is 0 Å². The largest absolute Gasteiger partial charge is 0.476 e. The Kier molecular flexibility index (Phi) is 4.36. The van der Waals surface area contributed by atoms with Crippen LogP contribution in [0.4, 0.5) is 10.5 Å². The van der Waals surface area contributed by atoms with E-state index in [2.05, 4.69) is 15.6 Å². The summed E-state index contributed by atoms with van der Waals surface area (Å²) in [5.74, 6) is -1.34. The van der Waals surface area contributed by atoms with Crippen molar-refractivity contribution in [1.29, 1.82) is 0 Å². The topological polar surface area (TPSA) is 112 Å². The molecule has 1 aromatic rings. The number of hydrogen-bond acceptors (Lipinski definition) is 4. The number of rotatable bonds is 3. The number of pyridine rings is 1. The Morgan fingerprint density at radius 1 is 1.43 bits per heavy atom. The van der Waals surface area contributed by atoms with Gasteiger partial charge in [-0.15, -0.1) is 0 Å². The van der Waals surface area contributed by atoms with Crippen LogP contribution in [0.25, 0.3) is 0 Å². The maximum atomic E-state index is 12.1. The summed E-state index contributed by atoms with van der Waals surface area (Å²) >= 11 is 0. The third-order valence-corrected chi connectivity index (χ3v) is 3.13. The molecule has 3 N–H and O–H groups in total. The number of urea groups is 1. The predicted molar refractivity (Wildman–Crippen MR) is 74.0 cm³/mol. The van der Waals surface area contributed by atoms with Gasteiger partial charge in [-0.2, -0.15) is 0 Å².